The third kappa shape index (κ3) is 5.45. The maximum Gasteiger partial charge on any atom is 0.0125 e. The summed E-state index contributed by atoms with van der Waals surface area (Å²) in [5.41, 5.74) is 1.93. The van der Waals surface area contributed by atoms with Gasteiger partial charge in [0.2, 0.25) is 0 Å². The Labute approximate surface area is 158 Å². The molecule has 2 saturated heterocycles. The van der Waals surface area contributed by atoms with Crippen LogP contribution in [-0.4, -0.2) is 36.6 Å². The molecule has 0 unspecified atom stereocenters. The lowest BCUT2D eigenvalue weighted by molar-refractivity contribution is 0.0455. The fraction of sp³-hybridized carbons (Fsp3) is 1.00. The van der Waals surface area contributed by atoms with Crippen molar-refractivity contribution in [1.82, 2.24) is 10.2 Å². The van der Waals surface area contributed by atoms with Crippen LogP contribution in [0.5, 0.6) is 0 Å². The molecule has 2 saturated carbocycles. The van der Waals surface area contributed by atoms with Gasteiger partial charge in [0.15, 0.2) is 0 Å². The molecule has 1 N–H and O–H groups in total. The van der Waals surface area contributed by atoms with Gasteiger partial charge in [-0.1, -0.05) is 39.5 Å². The summed E-state index contributed by atoms with van der Waals surface area (Å²) in [6.45, 7) is 12.3. The first-order valence-corrected chi connectivity index (χ1v) is 10.9. The van der Waals surface area contributed by atoms with Gasteiger partial charge in [-0.2, -0.15) is 0 Å². The minimum absolute atomic E-state index is 0. The second kappa shape index (κ2) is 8.74. The van der Waals surface area contributed by atoms with Crippen LogP contribution < -0.4 is 5.32 Å². The third-order valence-electron chi connectivity index (χ3n) is 7.68. The Morgan fingerprint density at radius 1 is 0.680 bits per heavy atom. The number of rotatable bonds is 0. The molecule has 0 aromatic carbocycles. The molecule has 4 rings (SSSR count). The van der Waals surface area contributed by atoms with Crippen molar-refractivity contribution in [2.75, 3.05) is 26.2 Å². The minimum atomic E-state index is 0. The molecule has 2 aliphatic carbocycles. The van der Waals surface area contributed by atoms with E-state index in [-0.39, 0.29) is 7.43 Å². The maximum absolute atomic E-state index is 3.48. The van der Waals surface area contributed by atoms with Crippen LogP contribution in [0.15, 0.2) is 0 Å². The molecule has 0 aromatic rings. The Hall–Kier alpha value is -0.0800. The Kier molecular flexibility index (Phi) is 7.42. The maximum atomic E-state index is 3.48. The van der Waals surface area contributed by atoms with Gasteiger partial charge >= 0.3 is 0 Å². The standard InChI is InChI=1S/C13H25N.C9H17N.CH4/c1-12(2,3)14-10-8-13(9-11-14)6-4-5-7-13;1-2-4-9(5-3-1)6-7-10-8-9;/h4-11H2,1-3H3;10H,1-8H2;1H4. The average Bonchev–Trinajstić information content (AvgIpc) is 3.19. The molecule has 2 spiro atoms. The van der Waals surface area contributed by atoms with E-state index in [1.165, 1.54) is 103 Å². The fourth-order valence-corrected chi connectivity index (χ4v) is 5.80. The van der Waals surface area contributed by atoms with Crippen LogP contribution in [0.3, 0.4) is 0 Å². The lowest BCUT2D eigenvalue weighted by Gasteiger charge is -2.45. The molecule has 4 fully saturated rings. The van der Waals surface area contributed by atoms with E-state index < -0.39 is 0 Å². The number of hydrogen-bond acceptors (Lipinski definition) is 2. The van der Waals surface area contributed by atoms with E-state index in [9.17, 15) is 0 Å². The summed E-state index contributed by atoms with van der Waals surface area (Å²) in [6, 6.07) is 0. The molecule has 2 heterocycles. The molecular weight excluding hydrogens is 304 g/mol. The molecule has 2 heteroatoms. The predicted octanol–water partition coefficient (Wildman–Crippen LogP) is 6.01. The second-order valence-electron chi connectivity index (χ2n) is 10.4. The van der Waals surface area contributed by atoms with Crippen LogP contribution in [0.4, 0.5) is 0 Å². The lowest BCUT2D eigenvalue weighted by atomic mass is 9.74. The number of nitrogens with one attached hydrogen (secondary N) is 1. The highest BCUT2D eigenvalue weighted by Gasteiger charge is 2.39. The molecule has 25 heavy (non-hydrogen) atoms. The molecule has 4 aliphatic rings. The molecule has 0 radical (unpaired) electrons. The quantitative estimate of drug-likeness (QED) is 0.575. The lowest BCUT2D eigenvalue weighted by Crippen LogP contribution is -2.48. The van der Waals surface area contributed by atoms with Gasteiger partial charge in [0.25, 0.3) is 0 Å². The molecule has 0 bridgehead atoms. The van der Waals surface area contributed by atoms with Gasteiger partial charge < -0.3 is 5.32 Å². The second-order valence-corrected chi connectivity index (χ2v) is 10.4. The largest absolute Gasteiger partial charge is 0.316 e. The van der Waals surface area contributed by atoms with Crippen molar-refractivity contribution in [2.45, 2.75) is 111 Å². The molecule has 0 aromatic heterocycles. The topological polar surface area (TPSA) is 15.3 Å². The van der Waals surface area contributed by atoms with Crippen molar-refractivity contribution in [3.05, 3.63) is 0 Å². The molecule has 0 atom stereocenters. The Bertz CT molecular complexity index is 365. The molecule has 148 valence electrons. The zero-order chi connectivity index (χ0) is 17.1. The van der Waals surface area contributed by atoms with Gasteiger partial charge in [-0.25, -0.2) is 0 Å². The van der Waals surface area contributed by atoms with E-state index in [0.29, 0.717) is 5.54 Å². The summed E-state index contributed by atoms with van der Waals surface area (Å²) in [7, 11) is 0. The minimum Gasteiger partial charge on any atom is -0.316 e. The van der Waals surface area contributed by atoms with Crippen molar-refractivity contribution in [2.24, 2.45) is 10.8 Å². The smallest absolute Gasteiger partial charge is 0.0125 e. The fourth-order valence-electron chi connectivity index (χ4n) is 5.80. The first-order valence-electron chi connectivity index (χ1n) is 10.9. The summed E-state index contributed by atoms with van der Waals surface area (Å²) in [5, 5.41) is 3.48. The van der Waals surface area contributed by atoms with Crippen LogP contribution in [0, 0.1) is 10.8 Å². The van der Waals surface area contributed by atoms with Gasteiger partial charge in [-0.3, -0.25) is 4.90 Å². The van der Waals surface area contributed by atoms with Crippen LogP contribution in [0.2, 0.25) is 0 Å². The van der Waals surface area contributed by atoms with Crippen LogP contribution in [0.25, 0.3) is 0 Å². The van der Waals surface area contributed by atoms with E-state index in [4.69, 9.17) is 0 Å². The molecule has 2 aliphatic heterocycles. The summed E-state index contributed by atoms with van der Waals surface area (Å²) in [5.74, 6) is 0. The summed E-state index contributed by atoms with van der Waals surface area (Å²) < 4.78 is 0. The van der Waals surface area contributed by atoms with E-state index in [0.717, 1.165) is 10.8 Å². The Morgan fingerprint density at radius 2 is 1.20 bits per heavy atom. The number of nitrogens with zero attached hydrogens (tertiary/aromatic N) is 1. The molecular formula is C23H46N2. The zero-order valence-electron chi connectivity index (χ0n) is 16.8. The molecule has 0 amide bonds. The van der Waals surface area contributed by atoms with Crippen molar-refractivity contribution in [3.63, 3.8) is 0 Å². The van der Waals surface area contributed by atoms with Crippen molar-refractivity contribution >= 4 is 0 Å². The van der Waals surface area contributed by atoms with Crippen molar-refractivity contribution in [1.29, 1.82) is 0 Å². The first-order chi connectivity index (χ1) is 11.4. The Morgan fingerprint density at radius 3 is 1.68 bits per heavy atom. The van der Waals surface area contributed by atoms with Crippen molar-refractivity contribution < 1.29 is 0 Å². The SMILES string of the molecule is C.C1CCC2(CC1)CCNC2.CC(C)(C)N1CCC2(CCCC2)CC1. The van der Waals surface area contributed by atoms with Gasteiger partial charge in [0.05, 0.1) is 0 Å². The van der Waals surface area contributed by atoms with Crippen LogP contribution in [0.1, 0.15) is 105 Å². The highest BCUT2D eigenvalue weighted by molar-refractivity contribution is 4.92. The summed E-state index contributed by atoms with van der Waals surface area (Å²) in [6.07, 6.45) is 17.9. The first kappa shape index (κ1) is 21.2. The van der Waals surface area contributed by atoms with Gasteiger partial charge in [-0.15, -0.1) is 0 Å². The predicted molar refractivity (Wildman–Crippen MR) is 111 cm³/mol. The number of hydrogen-bond donors (Lipinski definition) is 1. The van der Waals surface area contributed by atoms with Gasteiger partial charge in [-0.05, 0) is 96.2 Å². The normalized spacial score (nSPS) is 28.4. The van der Waals surface area contributed by atoms with E-state index in [2.05, 4.69) is 31.0 Å². The highest BCUT2D eigenvalue weighted by Crippen LogP contribution is 2.46. The van der Waals surface area contributed by atoms with Crippen LogP contribution >= 0.6 is 0 Å². The monoisotopic (exact) mass is 350 g/mol. The van der Waals surface area contributed by atoms with E-state index in [1.807, 2.05) is 0 Å². The van der Waals surface area contributed by atoms with Crippen molar-refractivity contribution in [3.8, 4) is 0 Å². The summed E-state index contributed by atoms with van der Waals surface area (Å²) >= 11 is 0. The van der Waals surface area contributed by atoms with Gasteiger partial charge in [0.1, 0.15) is 0 Å². The molecule has 2 nitrogen and oxygen atoms in total. The highest BCUT2D eigenvalue weighted by atomic mass is 15.2. The Balaban J connectivity index is 0.000000182. The zero-order valence-corrected chi connectivity index (χ0v) is 16.8. The number of likely N-dealkylation sites (tertiary alicyclic amines) is 1. The summed E-state index contributed by atoms with van der Waals surface area (Å²) in [4.78, 5) is 2.66. The van der Waals surface area contributed by atoms with E-state index in [1.54, 1.807) is 0 Å². The number of piperidine rings is 1. The third-order valence-corrected chi connectivity index (χ3v) is 7.68. The van der Waals surface area contributed by atoms with E-state index >= 15 is 0 Å². The van der Waals surface area contributed by atoms with Crippen LogP contribution in [-0.2, 0) is 0 Å². The van der Waals surface area contributed by atoms with Gasteiger partial charge in [0, 0.05) is 12.1 Å². The average molecular weight is 351 g/mol.